The number of nitrogens with zero attached hydrogens (tertiary/aromatic N) is 2. The Morgan fingerprint density at radius 1 is 1.29 bits per heavy atom. The van der Waals surface area contributed by atoms with E-state index >= 15 is 0 Å². The van der Waals surface area contributed by atoms with Crippen LogP contribution in [0, 0.1) is 13.8 Å². The largest absolute Gasteiger partial charge is 0.456 e. The molecule has 1 amide bonds. The van der Waals surface area contributed by atoms with Gasteiger partial charge in [0, 0.05) is 18.2 Å². The van der Waals surface area contributed by atoms with Crippen LogP contribution in [0.1, 0.15) is 33.3 Å². The summed E-state index contributed by atoms with van der Waals surface area (Å²) in [5, 5.41) is 7.12. The Bertz CT molecular complexity index is 882. The van der Waals surface area contributed by atoms with Crippen molar-refractivity contribution in [1.82, 2.24) is 10.1 Å². The number of carbonyl (C=O) groups excluding carboxylic acids is 1. The van der Waals surface area contributed by atoms with Crippen molar-refractivity contribution < 1.29 is 13.7 Å². The van der Waals surface area contributed by atoms with Crippen LogP contribution < -0.4 is 5.32 Å². The second kappa shape index (κ2) is 6.67. The van der Waals surface area contributed by atoms with E-state index in [9.17, 15) is 4.79 Å². The number of furan rings is 1. The van der Waals surface area contributed by atoms with Gasteiger partial charge in [-0.2, -0.15) is 0 Å². The molecule has 0 saturated carbocycles. The number of carbonyl (C=O) groups is 1. The Labute approximate surface area is 147 Å². The molecule has 0 aromatic carbocycles. The quantitative estimate of drug-likeness (QED) is 0.739. The van der Waals surface area contributed by atoms with Gasteiger partial charge in [-0.3, -0.25) is 4.79 Å². The van der Waals surface area contributed by atoms with Crippen LogP contribution in [0.2, 0.25) is 10.0 Å². The maximum absolute atomic E-state index is 12.2. The highest BCUT2D eigenvalue weighted by molar-refractivity contribution is 6.36. The lowest BCUT2D eigenvalue weighted by Gasteiger charge is -2.04. The van der Waals surface area contributed by atoms with E-state index < -0.39 is 5.91 Å². The highest BCUT2D eigenvalue weighted by Crippen LogP contribution is 2.24. The van der Waals surface area contributed by atoms with Gasteiger partial charge in [0.25, 0.3) is 5.91 Å². The van der Waals surface area contributed by atoms with Gasteiger partial charge in [0.2, 0.25) is 0 Å². The van der Waals surface area contributed by atoms with E-state index in [-0.39, 0.29) is 16.6 Å². The molecule has 8 heteroatoms. The van der Waals surface area contributed by atoms with Crippen molar-refractivity contribution in [2.24, 2.45) is 0 Å². The minimum Gasteiger partial charge on any atom is -0.456 e. The number of aryl methyl sites for hydroxylation is 2. The molecule has 0 saturated heterocycles. The smallest absolute Gasteiger partial charge is 0.292 e. The lowest BCUT2D eigenvalue weighted by molar-refractivity contribution is 0.0994. The molecule has 0 aliphatic heterocycles. The van der Waals surface area contributed by atoms with Gasteiger partial charge in [0.1, 0.15) is 11.5 Å². The third-order valence-electron chi connectivity index (χ3n) is 3.46. The molecule has 0 bridgehead atoms. The number of hydrogen-bond acceptors (Lipinski definition) is 5. The fourth-order valence-corrected chi connectivity index (χ4v) is 2.63. The Kier molecular flexibility index (Phi) is 4.59. The molecular formula is C16H13Cl2N3O3. The highest BCUT2D eigenvalue weighted by atomic mass is 35.5. The molecule has 0 spiro atoms. The molecule has 0 unspecified atom stereocenters. The van der Waals surface area contributed by atoms with E-state index in [0.717, 1.165) is 17.0 Å². The molecule has 3 aromatic rings. The Hall–Kier alpha value is -2.31. The van der Waals surface area contributed by atoms with Gasteiger partial charge in [-0.05, 0) is 32.0 Å². The summed E-state index contributed by atoms with van der Waals surface area (Å²) < 4.78 is 10.7. The minimum atomic E-state index is -0.447. The minimum absolute atomic E-state index is 0.157. The SMILES string of the molecule is Cc1noc(C)c1Cc1ccc(C(=O)Nc2ncc(Cl)cc2Cl)o1. The zero-order valence-electron chi connectivity index (χ0n) is 12.9. The van der Waals surface area contributed by atoms with Crippen LogP contribution in [0.15, 0.2) is 33.3 Å². The molecule has 1 N–H and O–H groups in total. The summed E-state index contributed by atoms with van der Waals surface area (Å²) in [6.07, 6.45) is 1.89. The molecule has 0 radical (unpaired) electrons. The first-order valence-corrected chi connectivity index (χ1v) is 7.82. The summed E-state index contributed by atoms with van der Waals surface area (Å²) in [7, 11) is 0. The molecule has 0 atom stereocenters. The normalized spacial score (nSPS) is 10.8. The van der Waals surface area contributed by atoms with Crippen LogP contribution in [-0.4, -0.2) is 16.0 Å². The third kappa shape index (κ3) is 3.44. The fourth-order valence-electron chi connectivity index (χ4n) is 2.20. The number of anilines is 1. The molecule has 3 heterocycles. The van der Waals surface area contributed by atoms with Crippen molar-refractivity contribution in [1.29, 1.82) is 0 Å². The molecule has 0 fully saturated rings. The van der Waals surface area contributed by atoms with Crippen molar-refractivity contribution in [2.45, 2.75) is 20.3 Å². The Morgan fingerprint density at radius 3 is 2.75 bits per heavy atom. The number of amides is 1. The van der Waals surface area contributed by atoms with E-state index in [2.05, 4.69) is 15.5 Å². The number of pyridine rings is 1. The average molecular weight is 366 g/mol. The van der Waals surface area contributed by atoms with Gasteiger partial charge in [0.05, 0.1) is 15.7 Å². The molecule has 0 aliphatic carbocycles. The third-order valence-corrected chi connectivity index (χ3v) is 3.95. The van der Waals surface area contributed by atoms with Crippen molar-refractivity contribution in [2.75, 3.05) is 5.32 Å². The standard InChI is InChI=1S/C16H13Cl2N3O3/c1-8-12(9(2)24-21-8)6-11-3-4-14(23-11)16(22)20-15-13(18)5-10(17)7-19-15/h3-5,7H,6H2,1-2H3,(H,19,20,22). The van der Waals surface area contributed by atoms with Crippen molar-refractivity contribution in [3.63, 3.8) is 0 Å². The monoisotopic (exact) mass is 365 g/mol. The average Bonchev–Trinajstić information content (AvgIpc) is 3.12. The van der Waals surface area contributed by atoms with Crippen molar-refractivity contribution in [3.05, 3.63) is 63.0 Å². The zero-order chi connectivity index (χ0) is 17.3. The number of halogens is 2. The van der Waals surface area contributed by atoms with Gasteiger partial charge in [0.15, 0.2) is 11.6 Å². The zero-order valence-corrected chi connectivity index (χ0v) is 14.4. The van der Waals surface area contributed by atoms with Crippen molar-refractivity contribution >= 4 is 34.9 Å². The van der Waals surface area contributed by atoms with Crippen LogP contribution in [0.25, 0.3) is 0 Å². The number of aromatic nitrogens is 2. The van der Waals surface area contributed by atoms with E-state index in [1.54, 1.807) is 12.1 Å². The summed E-state index contributed by atoms with van der Waals surface area (Å²) in [5.74, 6) is 1.29. The van der Waals surface area contributed by atoms with E-state index in [1.807, 2.05) is 13.8 Å². The number of rotatable bonds is 4. The van der Waals surface area contributed by atoms with Gasteiger partial charge < -0.3 is 14.3 Å². The van der Waals surface area contributed by atoms with Crippen LogP contribution >= 0.6 is 23.2 Å². The second-order valence-electron chi connectivity index (χ2n) is 5.18. The molecule has 3 rings (SSSR count). The summed E-state index contributed by atoms with van der Waals surface area (Å²) in [5.41, 5.74) is 1.74. The van der Waals surface area contributed by atoms with Gasteiger partial charge in [-0.15, -0.1) is 0 Å². The first kappa shape index (κ1) is 16.5. The van der Waals surface area contributed by atoms with Crippen LogP contribution in [0.4, 0.5) is 5.82 Å². The maximum atomic E-state index is 12.2. The number of nitrogens with one attached hydrogen (secondary N) is 1. The summed E-state index contributed by atoms with van der Waals surface area (Å²) in [6, 6.07) is 4.82. The predicted molar refractivity (Wildman–Crippen MR) is 89.7 cm³/mol. The Morgan fingerprint density at radius 2 is 2.08 bits per heavy atom. The first-order valence-electron chi connectivity index (χ1n) is 7.07. The molecule has 0 aliphatic rings. The van der Waals surface area contributed by atoms with Crippen LogP contribution in [-0.2, 0) is 6.42 Å². The molecule has 6 nitrogen and oxygen atoms in total. The first-order chi connectivity index (χ1) is 11.4. The van der Waals surface area contributed by atoms with Gasteiger partial charge in [-0.1, -0.05) is 28.4 Å². The van der Waals surface area contributed by atoms with Crippen LogP contribution in [0.5, 0.6) is 0 Å². The molecule has 124 valence electrons. The van der Waals surface area contributed by atoms with Gasteiger partial charge in [-0.25, -0.2) is 4.98 Å². The van der Waals surface area contributed by atoms with Crippen LogP contribution in [0.3, 0.4) is 0 Å². The topological polar surface area (TPSA) is 81.2 Å². The Balaban J connectivity index is 1.74. The van der Waals surface area contributed by atoms with E-state index in [1.165, 1.54) is 12.3 Å². The maximum Gasteiger partial charge on any atom is 0.292 e. The predicted octanol–water partition coefficient (Wildman–Crippen LogP) is 4.43. The number of hydrogen-bond donors (Lipinski definition) is 1. The molecular weight excluding hydrogens is 353 g/mol. The van der Waals surface area contributed by atoms with E-state index in [0.29, 0.717) is 17.2 Å². The molecule has 24 heavy (non-hydrogen) atoms. The van der Waals surface area contributed by atoms with Gasteiger partial charge >= 0.3 is 0 Å². The summed E-state index contributed by atoms with van der Waals surface area (Å²) in [4.78, 5) is 16.2. The fraction of sp³-hybridized carbons (Fsp3) is 0.188. The lowest BCUT2D eigenvalue weighted by atomic mass is 10.1. The summed E-state index contributed by atoms with van der Waals surface area (Å²) in [6.45, 7) is 3.69. The van der Waals surface area contributed by atoms with E-state index in [4.69, 9.17) is 32.1 Å². The van der Waals surface area contributed by atoms with Crippen molar-refractivity contribution in [3.8, 4) is 0 Å². The summed E-state index contributed by atoms with van der Waals surface area (Å²) >= 11 is 11.8. The second-order valence-corrected chi connectivity index (χ2v) is 6.03. The lowest BCUT2D eigenvalue weighted by Crippen LogP contribution is -2.12. The highest BCUT2D eigenvalue weighted by Gasteiger charge is 2.16. The molecule has 3 aromatic heterocycles.